The normalized spacial score (nSPS) is 12.3. The van der Waals surface area contributed by atoms with Gasteiger partial charge in [0.15, 0.2) is 0 Å². The Morgan fingerprint density at radius 3 is 2.78 bits per heavy atom. The SMILES string of the molecule is CC(Br)CCNC(=O)c1ccc2nccnc2c1. The van der Waals surface area contributed by atoms with Gasteiger partial charge in [-0.15, -0.1) is 0 Å². The molecule has 2 rings (SSSR count). The molecule has 18 heavy (non-hydrogen) atoms. The van der Waals surface area contributed by atoms with Crippen molar-refractivity contribution >= 4 is 32.9 Å². The summed E-state index contributed by atoms with van der Waals surface area (Å²) in [5.74, 6) is -0.0734. The van der Waals surface area contributed by atoms with Gasteiger partial charge in [0.2, 0.25) is 0 Å². The summed E-state index contributed by atoms with van der Waals surface area (Å²) >= 11 is 3.44. The molecule has 94 valence electrons. The van der Waals surface area contributed by atoms with E-state index in [1.165, 1.54) is 0 Å². The summed E-state index contributed by atoms with van der Waals surface area (Å²) in [4.78, 5) is 20.6. The second-order valence-corrected chi connectivity index (χ2v) is 5.65. The molecule has 0 saturated carbocycles. The number of carbonyl (C=O) groups is 1. The van der Waals surface area contributed by atoms with Gasteiger partial charge >= 0.3 is 0 Å². The van der Waals surface area contributed by atoms with E-state index in [4.69, 9.17) is 0 Å². The lowest BCUT2D eigenvalue weighted by Gasteiger charge is -2.06. The monoisotopic (exact) mass is 307 g/mol. The molecule has 0 spiro atoms. The van der Waals surface area contributed by atoms with Crippen LogP contribution < -0.4 is 5.32 Å². The number of amides is 1. The highest BCUT2D eigenvalue weighted by Crippen LogP contribution is 2.10. The first-order chi connectivity index (χ1) is 8.66. The Morgan fingerprint density at radius 2 is 2.06 bits per heavy atom. The van der Waals surface area contributed by atoms with E-state index in [2.05, 4.69) is 38.1 Å². The smallest absolute Gasteiger partial charge is 0.251 e. The molecule has 0 aliphatic heterocycles. The zero-order chi connectivity index (χ0) is 13.0. The third-order valence-corrected chi connectivity index (χ3v) is 3.02. The van der Waals surface area contributed by atoms with Crippen molar-refractivity contribution in [1.29, 1.82) is 0 Å². The molecule has 1 N–H and O–H groups in total. The number of benzene rings is 1. The van der Waals surface area contributed by atoms with Crippen LogP contribution in [0.2, 0.25) is 0 Å². The maximum absolute atomic E-state index is 11.9. The van der Waals surface area contributed by atoms with Crippen molar-refractivity contribution < 1.29 is 4.79 Å². The summed E-state index contributed by atoms with van der Waals surface area (Å²) < 4.78 is 0. The number of alkyl halides is 1. The summed E-state index contributed by atoms with van der Waals surface area (Å²) in [5.41, 5.74) is 2.15. The van der Waals surface area contributed by atoms with Crippen LogP contribution in [0, 0.1) is 0 Å². The summed E-state index contributed by atoms with van der Waals surface area (Å²) in [6, 6.07) is 5.34. The van der Waals surface area contributed by atoms with Crippen LogP contribution in [-0.2, 0) is 0 Å². The fourth-order valence-electron chi connectivity index (χ4n) is 1.59. The number of halogens is 1. The van der Waals surface area contributed by atoms with Crippen molar-refractivity contribution in [1.82, 2.24) is 15.3 Å². The second kappa shape index (κ2) is 5.91. The standard InChI is InChI=1S/C13H14BrN3O/c1-9(14)4-5-17-13(18)10-2-3-11-12(8-10)16-7-6-15-11/h2-3,6-9H,4-5H2,1H3,(H,17,18). The van der Waals surface area contributed by atoms with Crippen LogP contribution >= 0.6 is 15.9 Å². The maximum Gasteiger partial charge on any atom is 0.251 e. The van der Waals surface area contributed by atoms with Crippen LogP contribution in [0.15, 0.2) is 30.6 Å². The van der Waals surface area contributed by atoms with Crippen LogP contribution in [-0.4, -0.2) is 27.2 Å². The first-order valence-electron chi connectivity index (χ1n) is 5.80. The molecule has 0 saturated heterocycles. The maximum atomic E-state index is 11.9. The van der Waals surface area contributed by atoms with E-state index >= 15 is 0 Å². The Morgan fingerprint density at radius 1 is 1.33 bits per heavy atom. The average Bonchev–Trinajstić information content (AvgIpc) is 2.37. The first kappa shape index (κ1) is 13.0. The van der Waals surface area contributed by atoms with Crippen molar-refractivity contribution in [2.75, 3.05) is 6.54 Å². The molecule has 1 unspecified atom stereocenters. The predicted octanol–water partition coefficient (Wildman–Crippen LogP) is 2.53. The minimum absolute atomic E-state index is 0.0734. The summed E-state index contributed by atoms with van der Waals surface area (Å²) in [6.45, 7) is 2.71. The quantitative estimate of drug-likeness (QED) is 0.883. The van der Waals surface area contributed by atoms with Crippen molar-refractivity contribution in [3.05, 3.63) is 36.2 Å². The van der Waals surface area contributed by atoms with Crippen molar-refractivity contribution in [2.24, 2.45) is 0 Å². The number of fused-ring (bicyclic) bond motifs is 1. The number of hydrogen-bond donors (Lipinski definition) is 1. The number of nitrogens with one attached hydrogen (secondary N) is 1. The Kier molecular flexibility index (Phi) is 4.25. The molecule has 1 amide bonds. The minimum Gasteiger partial charge on any atom is -0.352 e. The van der Waals surface area contributed by atoms with Crippen molar-refractivity contribution in [3.63, 3.8) is 0 Å². The largest absolute Gasteiger partial charge is 0.352 e. The fraction of sp³-hybridized carbons (Fsp3) is 0.308. The number of nitrogens with zero attached hydrogens (tertiary/aromatic N) is 2. The van der Waals surface area contributed by atoms with Crippen LogP contribution in [0.1, 0.15) is 23.7 Å². The molecule has 0 aliphatic carbocycles. The Bertz CT molecular complexity index is 557. The minimum atomic E-state index is -0.0734. The lowest BCUT2D eigenvalue weighted by Crippen LogP contribution is -2.25. The summed E-state index contributed by atoms with van der Waals surface area (Å²) in [5, 5.41) is 2.88. The van der Waals surface area contributed by atoms with Gasteiger partial charge in [-0.05, 0) is 24.6 Å². The third-order valence-electron chi connectivity index (χ3n) is 2.56. The molecule has 5 heteroatoms. The van der Waals surface area contributed by atoms with Gasteiger partial charge in [-0.3, -0.25) is 14.8 Å². The highest BCUT2D eigenvalue weighted by atomic mass is 79.9. The van der Waals surface area contributed by atoms with Gasteiger partial charge in [-0.2, -0.15) is 0 Å². The van der Waals surface area contributed by atoms with Gasteiger partial charge in [-0.25, -0.2) is 0 Å². The molecule has 0 aliphatic rings. The van der Waals surface area contributed by atoms with Gasteiger partial charge in [0.25, 0.3) is 5.91 Å². The van der Waals surface area contributed by atoms with E-state index in [0.717, 1.165) is 17.5 Å². The highest BCUT2D eigenvalue weighted by Gasteiger charge is 2.07. The fourth-order valence-corrected chi connectivity index (χ4v) is 1.82. The predicted molar refractivity (Wildman–Crippen MR) is 74.9 cm³/mol. The van der Waals surface area contributed by atoms with Gasteiger partial charge in [0, 0.05) is 29.3 Å². The molecule has 1 atom stereocenters. The number of rotatable bonds is 4. The number of aromatic nitrogens is 2. The highest BCUT2D eigenvalue weighted by molar-refractivity contribution is 9.09. The second-order valence-electron chi connectivity index (χ2n) is 4.09. The van der Waals surface area contributed by atoms with Crippen molar-refractivity contribution in [2.45, 2.75) is 18.2 Å². The molecule has 1 aromatic carbocycles. The Labute approximate surface area is 114 Å². The van der Waals surface area contributed by atoms with E-state index in [9.17, 15) is 4.79 Å². The molecule has 4 nitrogen and oxygen atoms in total. The Balaban J connectivity index is 2.08. The molecular weight excluding hydrogens is 294 g/mol. The third kappa shape index (κ3) is 3.26. The zero-order valence-corrected chi connectivity index (χ0v) is 11.6. The molecule has 0 fully saturated rings. The van der Waals surface area contributed by atoms with Crippen LogP contribution in [0.5, 0.6) is 0 Å². The lowest BCUT2D eigenvalue weighted by atomic mass is 10.2. The van der Waals surface area contributed by atoms with Crippen LogP contribution in [0.25, 0.3) is 11.0 Å². The molecule has 1 heterocycles. The van der Waals surface area contributed by atoms with Crippen LogP contribution in [0.3, 0.4) is 0 Å². The topological polar surface area (TPSA) is 54.9 Å². The summed E-state index contributed by atoms with van der Waals surface area (Å²) in [6.07, 6.45) is 4.16. The molecule has 0 bridgehead atoms. The van der Waals surface area contributed by atoms with Crippen LogP contribution in [0.4, 0.5) is 0 Å². The van der Waals surface area contributed by atoms with Gasteiger partial charge in [0.05, 0.1) is 11.0 Å². The van der Waals surface area contributed by atoms with Gasteiger partial charge in [0.1, 0.15) is 0 Å². The number of carbonyl (C=O) groups excluding carboxylic acids is 1. The zero-order valence-electron chi connectivity index (χ0n) is 10.1. The summed E-state index contributed by atoms with van der Waals surface area (Å²) in [7, 11) is 0. The van der Waals surface area contributed by atoms with Gasteiger partial charge < -0.3 is 5.32 Å². The van der Waals surface area contributed by atoms with E-state index in [1.54, 1.807) is 24.5 Å². The number of hydrogen-bond acceptors (Lipinski definition) is 3. The van der Waals surface area contributed by atoms with E-state index in [0.29, 0.717) is 16.9 Å². The average molecular weight is 308 g/mol. The van der Waals surface area contributed by atoms with E-state index in [-0.39, 0.29) is 5.91 Å². The van der Waals surface area contributed by atoms with E-state index in [1.807, 2.05) is 6.07 Å². The van der Waals surface area contributed by atoms with Crippen molar-refractivity contribution in [3.8, 4) is 0 Å². The molecular formula is C13H14BrN3O. The van der Waals surface area contributed by atoms with Gasteiger partial charge in [-0.1, -0.05) is 22.9 Å². The Hall–Kier alpha value is -1.49. The van der Waals surface area contributed by atoms with E-state index < -0.39 is 0 Å². The molecule has 2 aromatic rings. The molecule has 1 aromatic heterocycles. The lowest BCUT2D eigenvalue weighted by molar-refractivity contribution is 0.0953. The first-order valence-corrected chi connectivity index (χ1v) is 6.71. The molecule has 0 radical (unpaired) electrons.